The van der Waals surface area contributed by atoms with Crippen LogP contribution in [0.2, 0.25) is 0 Å². The summed E-state index contributed by atoms with van der Waals surface area (Å²) in [5, 5.41) is 19.9. The molecule has 1 aromatic carbocycles. The SMILES string of the molecule is CC(Cc1cc2c(c([N+](=O)[O-])c1)OCCO2)C(=O)O. The van der Waals surface area contributed by atoms with Gasteiger partial charge in [0.05, 0.1) is 10.8 Å². The maximum Gasteiger partial charge on any atom is 0.315 e. The van der Waals surface area contributed by atoms with Crippen LogP contribution < -0.4 is 9.47 Å². The lowest BCUT2D eigenvalue weighted by Crippen LogP contribution is -2.17. The number of carboxylic acids is 1. The van der Waals surface area contributed by atoms with E-state index < -0.39 is 16.8 Å². The van der Waals surface area contributed by atoms with Crippen LogP contribution in [0, 0.1) is 16.0 Å². The van der Waals surface area contributed by atoms with Gasteiger partial charge in [0.25, 0.3) is 0 Å². The normalized spacial score (nSPS) is 14.8. The van der Waals surface area contributed by atoms with Crippen molar-refractivity contribution >= 4 is 11.7 Å². The van der Waals surface area contributed by atoms with Crippen LogP contribution in [-0.4, -0.2) is 29.2 Å². The minimum Gasteiger partial charge on any atom is -0.486 e. The third kappa shape index (κ3) is 2.75. The number of rotatable bonds is 4. The molecule has 19 heavy (non-hydrogen) atoms. The largest absolute Gasteiger partial charge is 0.486 e. The number of carbonyl (C=O) groups is 1. The molecule has 7 nitrogen and oxygen atoms in total. The summed E-state index contributed by atoms with van der Waals surface area (Å²) in [7, 11) is 0. The fourth-order valence-corrected chi connectivity index (χ4v) is 1.88. The van der Waals surface area contributed by atoms with Gasteiger partial charge in [0.15, 0.2) is 5.75 Å². The van der Waals surface area contributed by atoms with Crippen molar-refractivity contribution in [3.63, 3.8) is 0 Å². The van der Waals surface area contributed by atoms with Gasteiger partial charge in [0, 0.05) is 6.07 Å². The topological polar surface area (TPSA) is 98.9 Å². The molecule has 0 bridgehead atoms. The van der Waals surface area contributed by atoms with Crippen molar-refractivity contribution in [3.05, 3.63) is 27.8 Å². The molecule has 1 aromatic rings. The molecule has 1 unspecified atom stereocenters. The summed E-state index contributed by atoms with van der Waals surface area (Å²) >= 11 is 0. The summed E-state index contributed by atoms with van der Waals surface area (Å²) in [6.07, 6.45) is 0.201. The molecule has 1 aliphatic heterocycles. The molecule has 0 spiro atoms. The molecule has 1 atom stereocenters. The van der Waals surface area contributed by atoms with Crippen LogP contribution in [0.4, 0.5) is 5.69 Å². The van der Waals surface area contributed by atoms with Crippen molar-refractivity contribution in [2.24, 2.45) is 5.92 Å². The summed E-state index contributed by atoms with van der Waals surface area (Å²) in [5.41, 5.74) is 0.357. The summed E-state index contributed by atoms with van der Waals surface area (Å²) in [6.45, 7) is 2.13. The van der Waals surface area contributed by atoms with E-state index in [4.69, 9.17) is 14.6 Å². The first-order valence-electron chi connectivity index (χ1n) is 5.78. The van der Waals surface area contributed by atoms with Crippen LogP contribution in [-0.2, 0) is 11.2 Å². The van der Waals surface area contributed by atoms with E-state index >= 15 is 0 Å². The highest BCUT2D eigenvalue weighted by Gasteiger charge is 2.26. The highest BCUT2D eigenvalue weighted by atomic mass is 16.6. The zero-order valence-electron chi connectivity index (χ0n) is 10.3. The molecule has 0 saturated heterocycles. The van der Waals surface area contributed by atoms with E-state index in [0.29, 0.717) is 17.9 Å². The van der Waals surface area contributed by atoms with Gasteiger partial charge in [-0.25, -0.2) is 0 Å². The Morgan fingerprint density at radius 2 is 2.16 bits per heavy atom. The number of hydrogen-bond acceptors (Lipinski definition) is 5. The van der Waals surface area contributed by atoms with Crippen LogP contribution in [0.25, 0.3) is 0 Å². The van der Waals surface area contributed by atoms with Crippen molar-refractivity contribution in [1.29, 1.82) is 0 Å². The van der Waals surface area contributed by atoms with Crippen molar-refractivity contribution < 1.29 is 24.3 Å². The Labute approximate surface area is 108 Å². The van der Waals surface area contributed by atoms with Crippen LogP contribution in [0.1, 0.15) is 12.5 Å². The van der Waals surface area contributed by atoms with Gasteiger partial charge in [-0.2, -0.15) is 0 Å². The molecule has 0 aromatic heterocycles. The van der Waals surface area contributed by atoms with Gasteiger partial charge in [0.1, 0.15) is 13.2 Å². The summed E-state index contributed by atoms with van der Waals surface area (Å²) in [6, 6.07) is 2.94. The van der Waals surface area contributed by atoms with Crippen LogP contribution >= 0.6 is 0 Å². The number of fused-ring (bicyclic) bond motifs is 1. The zero-order chi connectivity index (χ0) is 14.0. The molecular formula is C12H13NO6. The molecule has 0 saturated carbocycles. The van der Waals surface area contributed by atoms with E-state index in [1.165, 1.54) is 6.07 Å². The lowest BCUT2D eigenvalue weighted by Gasteiger charge is -2.19. The number of ether oxygens (including phenoxy) is 2. The van der Waals surface area contributed by atoms with Crippen molar-refractivity contribution in [2.75, 3.05) is 13.2 Å². The van der Waals surface area contributed by atoms with Crippen LogP contribution in [0.15, 0.2) is 12.1 Å². The standard InChI is InChI=1S/C12H13NO6/c1-7(12(14)15)4-8-5-9(13(16)17)11-10(6-8)18-2-3-19-11/h5-7H,2-4H2,1H3,(H,14,15). The van der Waals surface area contributed by atoms with E-state index in [1.807, 2.05) is 0 Å². The summed E-state index contributed by atoms with van der Waals surface area (Å²) < 4.78 is 10.6. The van der Waals surface area contributed by atoms with Gasteiger partial charge >= 0.3 is 11.7 Å². The lowest BCUT2D eigenvalue weighted by molar-refractivity contribution is -0.386. The fraction of sp³-hybridized carbons (Fsp3) is 0.417. The average molecular weight is 267 g/mol. The smallest absolute Gasteiger partial charge is 0.315 e. The second kappa shape index (κ2) is 5.13. The van der Waals surface area contributed by atoms with Crippen molar-refractivity contribution in [1.82, 2.24) is 0 Å². The molecule has 1 N–H and O–H groups in total. The summed E-state index contributed by atoms with van der Waals surface area (Å²) in [5.74, 6) is -1.16. The molecule has 0 amide bonds. The zero-order valence-corrected chi connectivity index (χ0v) is 10.3. The monoisotopic (exact) mass is 267 g/mol. The van der Waals surface area contributed by atoms with E-state index in [9.17, 15) is 14.9 Å². The molecular weight excluding hydrogens is 254 g/mol. The number of nitro groups is 1. The van der Waals surface area contributed by atoms with Gasteiger partial charge in [-0.05, 0) is 18.1 Å². The van der Waals surface area contributed by atoms with Gasteiger partial charge in [0.2, 0.25) is 5.75 Å². The number of benzene rings is 1. The Bertz CT molecular complexity index is 527. The van der Waals surface area contributed by atoms with E-state index in [2.05, 4.69) is 0 Å². The second-order valence-corrected chi connectivity index (χ2v) is 4.34. The average Bonchev–Trinajstić information content (AvgIpc) is 2.37. The highest BCUT2D eigenvalue weighted by Crippen LogP contribution is 2.40. The Morgan fingerprint density at radius 3 is 2.79 bits per heavy atom. The Hall–Kier alpha value is -2.31. The Kier molecular flexibility index (Phi) is 3.55. The summed E-state index contributed by atoms with van der Waals surface area (Å²) in [4.78, 5) is 21.3. The molecule has 0 fully saturated rings. The third-order valence-corrected chi connectivity index (χ3v) is 2.84. The van der Waals surface area contributed by atoms with E-state index in [0.717, 1.165) is 0 Å². The quantitative estimate of drug-likeness (QED) is 0.657. The third-order valence-electron chi connectivity index (χ3n) is 2.84. The fourth-order valence-electron chi connectivity index (χ4n) is 1.88. The maximum absolute atomic E-state index is 11.0. The van der Waals surface area contributed by atoms with Gasteiger partial charge in [-0.15, -0.1) is 0 Å². The molecule has 7 heteroatoms. The van der Waals surface area contributed by atoms with E-state index in [1.54, 1.807) is 13.0 Å². The first-order valence-corrected chi connectivity index (χ1v) is 5.78. The number of hydrogen-bond donors (Lipinski definition) is 1. The molecule has 0 radical (unpaired) electrons. The van der Waals surface area contributed by atoms with Gasteiger partial charge < -0.3 is 14.6 Å². The number of carboxylic acid groups (broad SMARTS) is 1. The second-order valence-electron chi connectivity index (χ2n) is 4.34. The van der Waals surface area contributed by atoms with Crippen molar-refractivity contribution in [3.8, 4) is 11.5 Å². The number of nitrogens with zero attached hydrogens (tertiary/aromatic N) is 1. The highest BCUT2D eigenvalue weighted by molar-refractivity contribution is 5.70. The Morgan fingerprint density at radius 1 is 1.47 bits per heavy atom. The lowest BCUT2D eigenvalue weighted by atomic mass is 10.00. The number of nitro benzene ring substituents is 1. The van der Waals surface area contributed by atoms with Crippen LogP contribution in [0.5, 0.6) is 11.5 Å². The predicted octanol–water partition coefficient (Wildman–Crippen LogP) is 1.63. The molecule has 1 aliphatic rings. The maximum atomic E-state index is 11.0. The molecule has 1 heterocycles. The first kappa shape index (κ1) is 13.1. The predicted molar refractivity (Wildman–Crippen MR) is 64.6 cm³/mol. The van der Waals surface area contributed by atoms with Crippen LogP contribution in [0.3, 0.4) is 0 Å². The first-order chi connectivity index (χ1) is 8.99. The van der Waals surface area contributed by atoms with E-state index in [-0.39, 0.29) is 24.5 Å². The Balaban J connectivity index is 2.38. The number of aliphatic carboxylic acids is 1. The van der Waals surface area contributed by atoms with Gasteiger partial charge in [-0.3, -0.25) is 14.9 Å². The van der Waals surface area contributed by atoms with Crippen molar-refractivity contribution in [2.45, 2.75) is 13.3 Å². The molecule has 0 aliphatic carbocycles. The minimum atomic E-state index is -0.947. The minimum absolute atomic E-state index is 0.114. The van der Waals surface area contributed by atoms with Gasteiger partial charge in [-0.1, -0.05) is 6.92 Å². The molecule has 2 rings (SSSR count). The molecule has 102 valence electrons.